The van der Waals surface area contributed by atoms with E-state index in [1.807, 2.05) is 6.92 Å². The van der Waals surface area contributed by atoms with Crippen LogP contribution in [0.2, 0.25) is 5.02 Å². The van der Waals surface area contributed by atoms with Gasteiger partial charge < -0.3 is 9.73 Å². The monoisotopic (exact) mass is 338 g/mol. The highest BCUT2D eigenvalue weighted by Crippen LogP contribution is 2.40. The molecule has 4 rings (SSSR count). The van der Waals surface area contributed by atoms with E-state index in [1.54, 1.807) is 6.92 Å². The van der Waals surface area contributed by atoms with Crippen LogP contribution < -0.4 is 5.32 Å². The maximum atomic E-state index is 13.0. The van der Waals surface area contributed by atoms with Crippen LogP contribution >= 0.6 is 11.6 Å². The third-order valence-electron chi connectivity index (χ3n) is 4.18. The smallest absolute Gasteiger partial charge is 0.252 e. The molecule has 1 aliphatic carbocycles. The molecular weight excluding hydrogens is 326 g/mol. The second kappa shape index (κ2) is 4.74. The number of fused-ring (bicyclic) bond motifs is 3. The van der Waals surface area contributed by atoms with Crippen LogP contribution in [0.5, 0.6) is 0 Å². The van der Waals surface area contributed by atoms with Crippen LogP contribution in [-0.4, -0.2) is 26.9 Å². The largest absolute Gasteiger partial charge is 0.432 e. The normalized spacial score (nSPS) is 17.6. The molecule has 1 saturated carbocycles. The molecule has 3 aromatic rings. The molecule has 1 fully saturated rings. The van der Waals surface area contributed by atoms with E-state index in [2.05, 4.69) is 20.3 Å². The molecule has 1 aliphatic rings. The first-order valence-electron chi connectivity index (χ1n) is 7.20. The summed E-state index contributed by atoms with van der Waals surface area (Å²) >= 11 is 6.25. The van der Waals surface area contributed by atoms with Crippen molar-refractivity contribution in [2.24, 2.45) is 0 Å². The maximum absolute atomic E-state index is 13.0. The Hall–Kier alpha value is -2.02. The Balaban J connectivity index is 1.84. The van der Waals surface area contributed by atoms with Crippen LogP contribution in [-0.2, 0) is 0 Å². The number of furan rings is 1. The van der Waals surface area contributed by atoms with E-state index in [-0.39, 0.29) is 18.9 Å². The zero-order chi connectivity index (χ0) is 16.4. The zero-order valence-electron chi connectivity index (χ0n) is 12.5. The molecule has 0 saturated heterocycles. The number of aryl methyl sites for hydroxylation is 2. The predicted molar refractivity (Wildman–Crippen MR) is 83.2 cm³/mol. The summed E-state index contributed by atoms with van der Waals surface area (Å²) in [4.78, 5) is 12.7. The Morgan fingerprint density at radius 3 is 2.74 bits per heavy atom. The standard InChI is InChI=1S/C15H13ClF2N4O/c1-6-9-11-12(23-14(9)21-7(2)10(6)16)13(20-5-19-11)22-8-3-15(17,18)4-8/h5,8H,3-4H2,1-2H3,(H,19,20,22). The van der Waals surface area contributed by atoms with Crippen LogP contribution in [0, 0.1) is 13.8 Å². The summed E-state index contributed by atoms with van der Waals surface area (Å²) < 4.78 is 31.8. The molecule has 0 bridgehead atoms. The lowest BCUT2D eigenvalue weighted by Gasteiger charge is -2.35. The third-order valence-corrected chi connectivity index (χ3v) is 4.73. The van der Waals surface area contributed by atoms with E-state index >= 15 is 0 Å². The van der Waals surface area contributed by atoms with Gasteiger partial charge in [0.1, 0.15) is 11.8 Å². The Bertz CT molecular complexity index is 932. The van der Waals surface area contributed by atoms with E-state index < -0.39 is 5.92 Å². The van der Waals surface area contributed by atoms with Gasteiger partial charge in [-0.3, -0.25) is 0 Å². The SMILES string of the molecule is Cc1nc2oc3c(NC4CC(F)(F)C4)ncnc3c2c(C)c1Cl. The average molecular weight is 339 g/mol. The summed E-state index contributed by atoms with van der Waals surface area (Å²) in [7, 11) is 0. The van der Waals surface area contributed by atoms with Gasteiger partial charge in [0.05, 0.1) is 16.1 Å². The van der Waals surface area contributed by atoms with E-state index in [0.717, 1.165) is 10.9 Å². The lowest BCUT2D eigenvalue weighted by molar-refractivity contribution is -0.0794. The number of hydrogen-bond donors (Lipinski definition) is 1. The Morgan fingerprint density at radius 2 is 2.04 bits per heavy atom. The van der Waals surface area contributed by atoms with Crippen LogP contribution in [0.25, 0.3) is 22.2 Å². The Labute approximate surface area is 135 Å². The van der Waals surface area contributed by atoms with Crippen LogP contribution in [0.4, 0.5) is 14.6 Å². The van der Waals surface area contributed by atoms with Crippen LogP contribution in [0.1, 0.15) is 24.1 Å². The molecule has 0 aromatic carbocycles. The first kappa shape index (κ1) is 14.6. The van der Waals surface area contributed by atoms with Crippen molar-refractivity contribution >= 4 is 39.6 Å². The maximum Gasteiger partial charge on any atom is 0.252 e. The lowest BCUT2D eigenvalue weighted by atomic mass is 9.88. The van der Waals surface area contributed by atoms with Crippen molar-refractivity contribution in [2.45, 2.75) is 38.7 Å². The number of alkyl halides is 2. The van der Waals surface area contributed by atoms with Crippen molar-refractivity contribution in [3.63, 3.8) is 0 Å². The molecule has 0 atom stereocenters. The van der Waals surface area contributed by atoms with Gasteiger partial charge in [-0.05, 0) is 19.4 Å². The van der Waals surface area contributed by atoms with Crippen molar-refractivity contribution < 1.29 is 13.2 Å². The van der Waals surface area contributed by atoms with Gasteiger partial charge >= 0.3 is 0 Å². The fourth-order valence-corrected chi connectivity index (χ4v) is 3.09. The Morgan fingerprint density at radius 1 is 1.30 bits per heavy atom. The predicted octanol–water partition coefficient (Wildman–Crippen LogP) is 4.25. The second-order valence-corrected chi connectivity index (χ2v) is 6.30. The molecule has 8 heteroatoms. The highest BCUT2D eigenvalue weighted by Gasteiger charge is 2.45. The molecule has 23 heavy (non-hydrogen) atoms. The van der Waals surface area contributed by atoms with Crippen LogP contribution in [0.15, 0.2) is 10.7 Å². The number of aromatic nitrogens is 3. The minimum absolute atomic E-state index is 0.207. The molecule has 3 heterocycles. The van der Waals surface area contributed by atoms with Crippen molar-refractivity contribution in [3.8, 4) is 0 Å². The topological polar surface area (TPSA) is 63.8 Å². The number of hydrogen-bond acceptors (Lipinski definition) is 5. The van der Waals surface area contributed by atoms with E-state index in [1.165, 1.54) is 6.33 Å². The van der Waals surface area contributed by atoms with Gasteiger partial charge in [0.25, 0.3) is 5.92 Å². The van der Waals surface area contributed by atoms with Gasteiger partial charge in [-0.15, -0.1) is 0 Å². The van der Waals surface area contributed by atoms with Gasteiger partial charge in [-0.1, -0.05) is 11.6 Å². The molecule has 0 aliphatic heterocycles. The molecular formula is C15H13ClF2N4O. The summed E-state index contributed by atoms with van der Waals surface area (Å²) in [5, 5.41) is 4.29. The first-order chi connectivity index (χ1) is 10.9. The zero-order valence-corrected chi connectivity index (χ0v) is 13.2. The van der Waals surface area contributed by atoms with Crippen molar-refractivity contribution in [1.29, 1.82) is 0 Å². The average Bonchev–Trinajstić information content (AvgIpc) is 2.82. The van der Waals surface area contributed by atoms with Crippen molar-refractivity contribution in [2.75, 3.05) is 5.32 Å². The number of nitrogens with one attached hydrogen (secondary N) is 1. The van der Waals surface area contributed by atoms with E-state index in [9.17, 15) is 8.78 Å². The van der Waals surface area contributed by atoms with Crippen molar-refractivity contribution in [1.82, 2.24) is 15.0 Å². The van der Waals surface area contributed by atoms with Gasteiger partial charge in [0.2, 0.25) is 5.71 Å². The van der Waals surface area contributed by atoms with Gasteiger partial charge in [-0.2, -0.15) is 0 Å². The molecule has 0 amide bonds. The van der Waals surface area contributed by atoms with E-state index in [4.69, 9.17) is 16.0 Å². The number of nitrogens with zero attached hydrogens (tertiary/aromatic N) is 3. The molecule has 5 nitrogen and oxygen atoms in total. The van der Waals surface area contributed by atoms with Gasteiger partial charge in [0, 0.05) is 18.9 Å². The van der Waals surface area contributed by atoms with Gasteiger partial charge in [0.15, 0.2) is 11.4 Å². The molecule has 0 radical (unpaired) electrons. The number of pyridine rings is 1. The fourth-order valence-electron chi connectivity index (χ4n) is 2.96. The number of anilines is 1. The molecule has 120 valence electrons. The number of halogens is 3. The minimum atomic E-state index is -2.60. The van der Waals surface area contributed by atoms with Crippen molar-refractivity contribution in [3.05, 3.63) is 22.6 Å². The lowest BCUT2D eigenvalue weighted by Crippen LogP contribution is -2.44. The highest BCUT2D eigenvalue weighted by molar-refractivity contribution is 6.33. The second-order valence-electron chi connectivity index (χ2n) is 5.92. The molecule has 0 spiro atoms. The first-order valence-corrected chi connectivity index (χ1v) is 7.58. The number of rotatable bonds is 2. The van der Waals surface area contributed by atoms with Gasteiger partial charge in [-0.25, -0.2) is 23.7 Å². The summed E-state index contributed by atoms with van der Waals surface area (Å²) in [6.07, 6.45) is 0.964. The molecule has 3 aromatic heterocycles. The molecule has 1 N–H and O–H groups in total. The quantitative estimate of drug-likeness (QED) is 0.756. The Kier molecular flexibility index (Phi) is 3.00. The summed E-state index contributed by atoms with van der Waals surface area (Å²) in [5.74, 6) is -2.19. The van der Waals surface area contributed by atoms with Crippen LogP contribution in [0.3, 0.4) is 0 Å². The molecule has 0 unspecified atom stereocenters. The summed E-state index contributed by atoms with van der Waals surface area (Å²) in [6.45, 7) is 3.67. The van der Waals surface area contributed by atoms with E-state index in [0.29, 0.717) is 33.3 Å². The fraction of sp³-hybridized carbons (Fsp3) is 0.400. The third kappa shape index (κ3) is 2.22. The summed E-state index contributed by atoms with van der Waals surface area (Å²) in [5.41, 5.74) is 2.90. The summed E-state index contributed by atoms with van der Waals surface area (Å²) in [6, 6.07) is -0.323. The minimum Gasteiger partial charge on any atom is -0.432 e. The highest BCUT2D eigenvalue weighted by atomic mass is 35.5.